The lowest BCUT2D eigenvalue weighted by molar-refractivity contribution is 0.0695. The molecule has 0 amide bonds. The van der Waals surface area contributed by atoms with E-state index in [2.05, 4.69) is 4.98 Å². The van der Waals surface area contributed by atoms with Crippen LogP contribution >= 0.6 is 11.6 Å². The van der Waals surface area contributed by atoms with E-state index in [0.29, 0.717) is 5.88 Å². The maximum atomic E-state index is 10.9. The lowest BCUT2D eigenvalue weighted by Gasteiger charge is -2.22. The molecule has 1 aliphatic rings. The van der Waals surface area contributed by atoms with Crippen LogP contribution in [0.15, 0.2) is 12.1 Å². The highest BCUT2D eigenvalue weighted by atomic mass is 35.5. The zero-order valence-corrected chi connectivity index (χ0v) is 10.1. The Balaban J connectivity index is 2.11. The van der Waals surface area contributed by atoms with E-state index in [-0.39, 0.29) is 16.8 Å². The van der Waals surface area contributed by atoms with E-state index in [9.17, 15) is 4.79 Å². The Kier molecular flexibility index (Phi) is 3.84. The van der Waals surface area contributed by atoms with Gasteiger partial charge in [-0.3, -0.25) is 0 Å². The van der Waals surface area contributed by atoms with Gasteiger partial charge in [0.1, 0.15) is 11.3 Å². The van der Waals surface area contributed by atoms with E-state index >= 15 is 0 Å². The van der Waals surface area contributed by atoms with Gasteiger partial charge in [-0.05, 0) is 31.7 Å². The second kappa shape index (κ2) is 5.36. The second-order valence-corrected chi connectivity index (χ2v) is 4.59. The van der Waals surface area contributed by atoms with Gasteiger partial charge >= 0.3 is 5.97 Å². The largest absolute Gasteiger partial charge is 0.478 e. The summed E-state index contributed by atoms with van der Waals surface area (Å²) in [5.41, 5.74) is 0.107. The van der Waals surface area contributed by atoms with E-state index < -0.39 is 5.97 Å². The van der Waals surface area contributed by atoms with Crippen molar-refractivity contribution < 1.29 is 14.6 Å². The molecular weight excluding hydrogens is 242 g/mol. The lowest BCUT2D eigenvalue weighted by atomic mass is 9.98. The van der Waals surface area contributed by atoms with E-state index in [1.54, 1.807) is 0 Å². The van der Waals surface area contributed by atoms with Gasteiger partial charge in [0.25, 0.3) is 0 Å². The summed E-state index contributed by atoms with van der Waals surface area (Å²) in [7, 11) is 0. The summed E-state index contributed by atoms with van der Waals surface area (Å²) in [6.07, 6.45) is 5.67. The quantitative estimate of drug-likeness (QED) is 0.843. The van der Waals surface area contributed by atoms with Gasteiger partial charge in [0.2, 0.25) is 5.88 Å². The van der Waals surface area contributed by atoms with Gasteiger partial charge in [0, 0.05) is 6.07 Å². The highest BCUT2D eigenvalue weighted by molar-refractivity contribution is 6.29. The number of carboxylic acids is 1. The number of ether oxygens (including phenoxy) is 1. The van der Waals surface area contributed by atoms with Crippen molar-refractivity contribution in [1.29, 1.82) is 0 Å². The van der Waals surface area contributed by atoms with Crippen molar-refractivity contribution in [2.75, 3.05) is 0 Å². The molecule has 0 saturated heterocycles. The predicted molar refractivity (Wildman–Crippen MR) is 63.7 cm³/mol. The maximum absolute atomic E-state index is 10.9. The van der Waals surface area contributed by atoms with Gasteiger partial charge in [-0.25, -0.2) is 9.78 Å². The normalized spacial score (nSPS) is 16.8. The van der Waals surface area contributed by atoms with Crippen LogP contribution < -0.4 is 4.74 Å². The number of aromatic nitrogens is 1. The van der Waals surface area contributed by atoms with Crippen LogP contribution in [0.3, 0.4) is 0 Å². The summed E-state index contributed by atoms with van der Waals surface area (Å²) < 4.78 is 5.67. The summed E-state index contributed by atoms with van der Waals surface area (Å²) in [5.74, 6) is -0.718. The van der Waals surface area contributed by atoms with Crippen LogP contribution in [0.2, 0.25) is 5.15 Å². The minimum Gasteiger partial charge on any atom is -0.478 e. The molecule has 5 heteroatoms. The van der Waals surface area contributed by atoms with Gasteiger partial charge in [0.15, 0.2) is 0 Å². The molecule has 1 aliphatic carbocycles. The van der Waals surface area contributed by atoms with Crippen molar-refractivity contribution in [3.63, 3.8) is 0 Å². The number of nitrogens with zero attached hydrogens (tertiary/aromatic N) is 1. The van der Waals surface area contributed by atoms with Gasteiger partial charge in [-0.15, -0.1) is 0 Å². The molecule has 0 unspecified atom stereocenters. The molecule has 1 N–H and O–H groups in total. The van der Waals surface area contributed by atoms with Crippen LogP contribution in [0.25, 0.3) is 0 Å². The van der Waals surface area contributed by atoms with Crippen LogP contribution in [0.5, 0.6) is 5.88 Å². The Labute approximate surface area is 105 Å². The smallest absolute Gasteiger partial charge is 0.335 e. The van der Waals surface area contributed by atoms with Crippen molar-refractivity contribution in [3.05, 3.63) is 22.8 Å². The molecule has 0 radical (unpaired) electrons. The van der Waals surface area contributed by atoms with Gasteiger partial charge in [-0.2, -0.15) is 0 Å². The molecule has 1 saturated carbocycles. The number of pyridine rings is 1. The number of carboxylic acid groups (broad SMARTS) is 1. The summed E-state index contributed by atoms with van der Waals surface area (Å²) in [6.45, 7) is 0. The number of aromatic carboxylic acids is 1. The van der Waals surface area contributed by atoms with Gasteiger partial charge in [-0.1, -0.05) is 18.0 Å². The Hall–Kier alpha value is -1.29. The molecule has 0 spiro atoms. The monoisotopic (exact) mass is 255 g/mol. The van der Waals surface area contributed by atoms with Crippen molar-refractivity contribution in [1.82, 2.24) is 4.98 Å². The predicted octanol–water partition coefficient (Wildman–Crippen LogP) is 3.14. The standard InChI is InChI=1S/C12H14ClNO3/c13-10-6-8(12(15)16)7-11(14-10)17-9-4-2-1-3-5-9/h6-7,9H,1-5H2,(H,15,16). The maximum Gasteiger partial charge on any atom is 0.335 e. The number of hydrogen-bond acceptors (Lipinski definition) is 3. The first-order chi connectivity index (χ1) is 8.15. The fourth-order valence-corrected chi connectivity index (χ4v) is 2.21. The Morgan fingerprint density at radius 2 is 2.06 bits per heavy atom. The van der Waals surface area contributed by atoms with E-state index in [1.165, 1.54) is 18.6 Å². The Bertz CT molecular complexity index is 416. The Morgan fingerprint density at radius 3 is 2.71 bits per heavy atom. The molecular formula is C12H14ClNO3. The average molecular weight is 256 g/mol. The van der Waals surface area contributed by atoms with Crippen LogP contribution in [0.1, 0.15) is 42.5 Å². The first kappa shape index (κ1) is 12.2. The molecule has 0 bridgehead atoms. The molecule has 92 valence electrons. The fraction of sp³-hybridized carbons (Fsp3) is 0.500. The zero-order valence-electron chi connectivity index (χ0n) is 9.36. The third-order valence-corrected chi connectivity index (χ3v) is 3.05. The van der Waals surface area contributed by atoms with Crippen LogP contribution in [0.4, 0.5) is 0 Å². The summed E-state index contributed by atoms with van der Waals surface area (Å²) >= 11 is 5.76. The van der Waals surface area contributed by atoms with Crippen molar-refractivity contribution in [2.45, 2.75) is 38.2 Å². The molecule has 1 heterocycles. The van der Waals surface area contributed by atoms with Gasteiger partial charge in [0.05, 0.1) is 5.56 Å². The third kappa shape index (κ3) is 3.33. The van der Waals surface area contributed by atoms with Crippen molar-refractivity contribution in [3.8, 4) is 5.88 Å². The van der Waals surface area contributed by atoms with Crippen molar-refractivity contribution in [2.24, 2.45) is 0 Å². The lowest BCUT2D eigenvalue weighted by Crippen LogP contribution is -2.20. The number of rotatable bonds is 3. The van der Waals surface area contributed by atoms with E-state index in [4.69, 9.17) is 21.4 Å². The second-order valence-electron chi connectivity index (χ2n) is 4.20. The summed E-state index contributed by atoms with van der Waals surface area (Å²) in [6, 6.07) is 2.74. The molecule has 0 aliphatic heterocycles. The van der Waals surface area contributed by atoms with Gasteiger partial charge < -0.3 is 9.84 Å². The first-order valence-electron chi connectivity index (χ1n) is 5.72. The van der Waals surface area contributed by atoms with Crippen LogP contribution in [-0.4, -0.2) is 22.2 Å². The molecule has 4 nitrogen and oxygen atoms in total. The minimum atomic E-state index is -1.03. The molecule has 1 fully saturated rings. The minimum absolute atomic E-state index is 0.107. The molecule has 17 heavy (non-hydrogen) atoms. The molecule has 1 aromatic rings. The molecule has 0 atom stereocenters. The highest BCUT2D eigenvalue weighted by Gasteiger charge is 2.16. The van der Waals surface area contributed by atoms with Crippen LogP contribution in [0, 0.1) is 0 Å². The van der Waals surface area contributed by atoms with E-state index in [1.807, 2.05) is 0 Å². The third-order valence-electron chi connectivity index (χ3n) is 2.86. The SMILES string of the molecule is O=C(O)c1cc(Cl)nc(OC2CCCCC2)c1. The average Bonchev–Trinajstić information content (AvgIpc) is 2.29. The highest BCUT2D eigenvalue weighted by Crippen LogP contribution is 2.24. The number of carbonyl (C=O) groups is 1. The first-order valence-corrected chi connectivity index (χ1v) is 6.10. The summed E-state index contributed by atoms with van der Waals surface area (Å²) in [4.78, 5) is 14.8. The Morgan fingerprint density at radius 1 is 1.35 bits per heavy atom. The van der Waals surface area contributed by atoms with Crippen molar-refractivity contribution >= 4 is 17.6 Å². The number of halogens is 1. The van der Waals surface area contributed by atoms with Crippen LogP contribution in [-0.2, 0) is 0 Å². The molecule has 0 aromatic carbocycles. The topological polar surface area (TPSA) is 59.4 Å². The fourth-order valence-electron chi connectivity index (χ4n) is 2.01. The van der Waals surface area contributed by atoms with E-state index in [0.717, 1.165) is 25.7 Å². The zero-order chi connectivity index (χ0) is 12.3. The number of hydrogen-bond donors (Lipinski definition) is 1. The molecule has 1 aromatic heterocycles. The molecule has 2 rings (SSSR count). The summed E-state index contributed by atoms with van der Waals surface area (Å²) in [5, 5.41) is 9.05.